The van der Waals surface area contributed by atoms with Gasteiger partial charge in [0.25, 0.3) is 5.91 Å². The van der Waals surface area contributed by atoms with E-state index in [1.165, 1.54) is 0 Å². The molecule has 0 heterocycles. The van der Waals surface area contributed by atoms with E-state index in [-0.39, 0.29) is 24.0 Å². The number of nitrogens with one attached hydrogen (secondary N) is 1. The van der Waals surface area contributed by atoms with Crippen LogP contribution in [0.3, 0.4) is 0 Å². The highest BCUT2D eigenvalue weighted by atomic mass is 79.9. The second-order valence-corrected chi connectivity index (χ2v) is 8.79. The van der Waals surface area contributed by atoms with Crippen LogP contribution in [0.25, 0.3) is 0 Å². The van der Waals surface area contributed by atoms with E-state index in [0.717, 1.165) is 5.56 Å². The van der Waals surface area contributed by atoms with Gasteiger partial charge < -0.3 is 5.32 Å². The van der Waals surface area contributed by atoms with Crippen LogP contribution in [0.2, 0.25) is 5.02 Å². The molecule has 1 amide bonds. The summed E-state index contributed by atoms with van der Waals surface area (Å²) in [5, 5.41) is 3.18. The van der Waals surface area contributed by atoms with E-state index in [4.69, 9.17) is 11.6 Å². The van der Waals surface area contributed by atoms with Crippen molar-refractivity contribution in [1.82, 2.24) is 5.32 Å². The molecule has 0 spiro atoms. The van der Waals surface area contributed by atoms with Crippen LogP contribution in [0.15, 0.2) is 53.0 Å². The van der Waals surface area contributed by atoms with Gasteiger partial charge in [-0.15, -0.1) is 0 Å². The summed E-state index contributed by atoms with van der Waals surface area (Å²) >= 11 is 9.17. The smallest absolute Gasteiger partial charge is 0.252 e. The molecule has 2 aromatic rings. The molecule has 0 saturated carbocycles. The van der Waals surface area contributed by atoms with E-state index in [0.29, 0.717) is 21.5 Å². The van der Waals surface area contributed by atoms with Gasteiger partial charge in [-0.2, -0.15) is 0 Å². The molecule has 7 heteroatoms. The average Bonchev–Trinajstić information content (AvgIpc) is 2.54. The molecule has 0 radical (unpaired) electrons. The van der Waals surface area contributed by atoms with Crippen LogP contribution < -0.4 is 5.32 Å². The van der Waals surface area contributed by atoms with Crippen molar-refractivity contribution in [3.8, 4) is 0 Å². The van der Waals surface area contributed by atoms with E-state index in [9.17, 15) is 13.2 Å². The summed E-state index contributed by atoms with van der Waals surface area (Å²) < 4.78 is 24.8. The molecule has 128 valence electrons. The van der Waals surface area contributed by atoms with Gasteiger partial charge in [-0.3, -0.25) is 4.79 Å². The topological polar surface area (TPSA) is 63.2 Å². The van der Waals surface area contributed by atoms with Crippen molar-refractivity contribution < 1.29 is 13.2 Å². The zero-order valence-corrected chi connectivity index (χ0v) is 16.0. The zero-order chi connectivity index (χ0) is 17.6. The maximum absolute atomic E-state index is 12.1. The molecule has 0 aliphatic rings. The molecular weight excluding hydrogens is 414 g/mol. The summed E-state index contributed by atoms with van der Waals surface area (Å²) in [6.45, 7) is 0.284. The van der Waals surface area contributed by atoms with Crippen LogP contribution in [0.5, 0.6) is 0 Å². The molecule has 24 heavy (non-hydrogen) atoms. The predicted molar refractivity (Wildman–Crippen MR) is 100 cm³/mol. The molecule has 0 fully saturated rings. The van der Waals surface area contributed by atoms with Crippen LogP contribution >= 0.6 is 27.5 Å². The molecule has 0 aromatic heterocycles. The summed E-state index contributed by atoms with van der Waals surface area (Å²) in [5.74, 6) is -0.245. The molecule has 0 unspecified atom stereocenters. The standard InChI is InChI=1S/C17H17BrClNO3S/c18-16-8-7-14(19)11-15(16)17(21)20-9-4-10-24(22,23)12-13-5-2-1-3-6-13/h1-3,5-8,11H,4,9-10,12H2,(H,20,21). The van der Waals surface area contributed by atoms with Crippen molar-refractivity contribution in [1.29, 1.82) is 0 Å². The first-order chi connectivity index (χ1) is 11.4. The summed E-state index contributed by atoms with van der Waals surface area (Å²) in [6.07, 6.45) is 0.360. The monoisotopic (exact) mass is 429 g/mol. The molecule has 1 N–H and O–H groups in total. The second kappa shape index (κ2) is 8.65. The van der Waals surface area contributed by atoms with E-state index >= 15 is 0 Å². The number of hydrogen-bond donors (Lipinski definition) is 1. The Hall–Kier alpha value is -1.37. The Kier molecular flexibility index (Phi) is 6.83. The van der Waals surface area contributed by atoms with Gasteiger partial charge >= 0.3 is 0 Å². The van der Waals surface area contributed by atoms with Crippen molar-refractivity contribution in [2.75, 3.05) is 12.3 Å². The van der Waals surface area contributed by atoms with Gasteiger partial charge in [-0.05, 0) is 46.1 Å². The lowest BCUT2D eigenvalue weighted by Gasteiger charge is -2.08. The molecule has 2 rings (SSSR count). The Bertz CT molecular complexity index is 810. The number of carbonyl (C=O) groups excluding carboxylic acids is 1. The highest BCUT2D eigenvalue weighted by Gasteiger charge is 2.13. The Balaban J connectivity index is 1.82. The van der Waals surface area contributed by atoms with Gasteiger partial charge in [0.1, 0.15) is 0 Å². The molecule has 4 nitrogen and oxygen atoms in total. The fourth-order valence-corrected chi connectivity index (χ4v) is 4.19. The highest BCUT2D eigenvalue weighted by Crippen LogP contribution is 2.21. The quantitative estimate of drug-likeness (QED) is 0.679. The molecule has 0 bridgehead atoms. The van der Waals surface area contributed by atoms with Gasteiger partial charge in [0.05, 0.1) is 17.1 Å². The van der Waals surface area contributed by atoms with Gasteiger partial charge in [-0.25, -0.2) is 8.42 Å². The highest BCUT2D eigenvalue weighted by molar-refractivity contribution is 9.10. The summed E-state index contributed by atoms with van der Waals surface area (Å²) in [5.41, 5.74) is 1.19. The lowest BCUT2D eigenvalue weighted by atomic mass is 10.2. The first kappa shape index (κ1) is 19.0. The van der Waals surface area contributed by atoms with Crippen LogP contribution in [0.1, 0.15) is 22.3 Å². The number of benzene rings is 2. The molecule has 0 atom stereocenters. The van der Waals surface area contributed by atoms with Crippen LogP contribution in [0.4, 0.5) is 0 Å². The third-order valence-electron chi connectivity index (χ3n) is 3.32. The third-order valence-corrected chi connectivity index (χ3v) is 5.93. The predicted octanol–water partition coefficient (Wildman–Crippen LogP) is 3.84. The second-order valence-electron chi connectivity index (χ2n) is 5.31. The lowest BCUT2D eigenvalue weighted by Crippen LogP contribution is -2.26. The van der Waals surface area contributed by atoms with Crippen molar-refractivity contribution in [2.45, 2.75) is 12.2 Å². The number of carbonyl (C=O) groups is 1. The van der Waals surface area contributed by atoms with Crippen molar-refractivity contribution in [2.24, 2.45) is 0 Å². The normalized spacial score (nSPS) is 11.2. The number of hydrogen-bond acceptors (Lipinski definition) is 3. The van der Waals surface area contributed by atoms with E-state index in [2.05, 4.69) is 21.2 Å². The third kappa shape index (κ3) is 5.92. The average molecular weight is 431 g/mol. The Labute approximate surface area is 155 Å². The fourth-order valence-electron chi connectivity index (χ4n) is 2.16. The minimum Gasteiger partial charge on any atom is -0.352 e. The minimum atomic E-state index is -3.19. The summed E-state index contributed by atoms with van der Waals surface area (Å²) in [7, 11) is -3.19. The van der Waals surface area contributed by atoms with Crippen molar-refractivity contribution in [3.63, 3.8) is 0 Å². The minimum absolute atomic E-state index is 0.0155. The van der Waals surface area contributed by atoms with E-state index < -0.39 is 9.84 Å². The first-order valence-corrected chi connectivity index (χ1v) is 10.3. The van der Waals surface area contributed by atoms with E-state index in [1.54, 1.807) is 30.3 Å². The molecule has 2 aromatic carbocycles. The van der Waals surface area contributed by atoms with Crippen molar-refractivity contribution in [3.05, 3.63) is 69.2 Å². The Morgan fingerprint density at radius 3 is 2.54 bits per heavy atom. The largest absolute Gasteiger partial charge is 0.352 e. The fraction of sp³-hybridized carbons (Fsp3) is 0.235. The van der Waals surface area contributed by atoms with Gasteiger partial charge in [0.15, 0.2) is 9.84 Å². The maximum atomic E-state index is 12.1. The summed E-state index contributed by atoms with van der Waals surface area (Å²) in [4.78, 5) is 12.1. The first-order valence-electron chi connectivity index (χ1n) is 7.35. The molecule has 0 saturated heterocycles. The van der Waals surface area contributed by atoms with Gasteiger partial charge in [0, 0.05) is 16.0 Å². The number of amides is 1. The molecule has 0 aliphatic carbocycles. The van der Waals surface area contributed by atoms with Crippen molar-refractivity contribution >= 4 is 43.3 Å². The Morgan fingerprint density at radius 2 is 1.83 bits per heavy atom. The number of rotatable bonds is 7. The number of halogens is 2. The van der Waals surface area contributed by atoms with Gasteiger partial charge in [0.2, 0.25) is 0 Å². The van der Waals surface area contributed by atoms with Crippen LogP contribution in [-0.4, -0.2) is 26.6 Å². The molecule has 0 aliphatic heterocycles. The van der Waals surface area contributed by atoms with E-state index in [1.807, 2.05) is 18.2 Å². The lowest BCUT2D eigenvalue weighted by molar-refractivity contribution is 0.0953. The summed E-state index contributed by atoms with van der Waals surface area (Å²) in [6, 6.07) is 14.0. The maximum Gasteiger partial charge on any atom is 0.252 e. The Morgan fingerprint density at radius 1 is 1.12 bits per heavy atom. The van der Waals surface area contributed by atoms with Gasteiger partial charge in [-0.1, -0.05) is 41.9 Å². The zero-order valence-electron chi connectivity index (χ0n) is 12.8. The molecular formula is C17H17BrClNO3S. The van der Waals surface area contributed by atoms with Crippen LogP contribution in [0, 0.1) is 0 Å². The number of sulfone groups is 1. The SMILES string of the molecule is O=C(NCCCS(=O)(=O)Cc1ccccc1)c1cc(Cl)ccc1Br. The van der Waals surface area contributed by atoms with Crippen LogP contribution in [-0.2, 0) is 15.6 Å².